The number of carbonyl (C=O) groups is 2. The standard InChI is InChI=1S/C14H17NO4S/c1-19-14(18)12-7-10(16)8-15(12)13(17)9-20-11-5-3-2-4-6-11/h2-6,10,12,16H,7-9H2,1H3. The molecule has 1 fully saturated rings. The van der Waals surface area contributed by atoms with Crippen LogP contribution in [0, 0.1) is 0 Å². The monoisotopic (exact) mass is 295 g/mol. The van der Waals surface area contributed by atoms with Crippen LogP contribution < -0.4 is 0 Å². The van der Waals surface area contributed by atoms with Crippen LogP contribution >= 0.6 is 11.8 Å². The number of hydrogen-bond acceptors (Lipinski definition) is 5. The van der Waals surface area contributed by atoms with Crippen molar-refractivity contribution in [2.75, 3.05) is 19.4 Å². The van der Waals surface area contributed by atoms with Crippen LogP contribution in [-0.2, 0) is 14.3 Å². The normalized spacial score (nSPS) is 21.8. The summed E-state index contributed by atoms with van der Waals surface area (Å²) in [7, 11) is 1.29. The molecule has 2 unspecified atom stereocenters. The summed E-state index contributed by atoms with van der Waals surface area (Å²) in [5, 5.41) is 9.64. The van der Waals surface area contributed by atoms with Crippen molar-refractivity contribution in [3.63, 3.8) is 0 Å². The zero-order chi connectivity index (χ0) is 14.5. The van der Waals surface area contributed by atoms with Crippen molar-refractivity contribution < 1.29 is 19.4 Å². The molecule has 0 bridgehead atoms. The molecule has 1 amide bonds. The van der Waals surface area contributed by atoms with E-state index in [0.29, 0.717) is 0 Å². The molecule has 6 heteroatoms. The van der Waals surface area contributed by atoms with Gasteiger partial charge >= 0.3 is 5.97 Å². The molecule has 1 aromatic rings. The fourth-order valence-electron chi connectivity index (χ4n) is 2.19. The van der Waals surface area contributed by atoms with Gasteiger partial charge in [0.25, 0.3) is 0 Å². The second-order valence-electron chi connectivity index (χ2n) is 4.58. The largest absolute Gasteiger partial charge is 0.467 e. The molecule has 0 radical (unpaired) electrons. The zero-order valence-corrected chi connectivity index (χ0v) is 12.0. The third-order valence-electron chi connectivity index (χ3n) is 3.18. The third kappa shape index (κ3) is 3.52. The van der Waals surface area contributed by atoms with Gasteiger partial charge in [-0.2, -0.15) is 0 Å². The predicted molar refractivity (Wildman–Crippen MR) is 75.3 cm³/mol. The molecule has 1 N–H and O–H groups in total. The molecule has 0 spiro atoms. The molecule has 108 valence electrons. The van der Waals surface area contributed by atoms with Crippen LogP contribution in [0.2, 0.25) is 0 Å². The summed E-state index contributed by atoms with van der Waals surface area (Å²) in [6, 6.07) is 8.91. The van der Waals surface area contributed by atoms with E-state index in [1.54, 1.807) is 0 Å². The quantitative estimate of drug-likeness (QED) is 0.661. The van der Waals surface area contributed by atoms with Crippen LogP contribution in [-0.4, -0.2) is 53.4 Å². The van der Waals surface area contributed by atoms with Crippen molar-refractivity contribution >= 4 is 23.6 Å². The minimum absolute atomic E-state index is 0.161. The highest BCUT2D eigenvalue weighted by molar-refractivity contribution is 8.00. The first-order valence-corrected chi connectivity index (χ1v) is 7.33. The zero-order valence-electron chi connectivity index (χ0n) is 11.2. The lowest BCUT2D eigenvalue weighted by atomic mass is 10.2. The van der Waals surface area contributed by atoms with Gasteiger partial charge in [0.05, 0.1) is 19.0 Å². The predicted octanol–water partition coefficient (Wildman–Crippen LogP) is 0.913. The van der Waals surface area contributed by atoms with Crippen molar-refractivity contribution in [3.8, 4) is 0 Å². The highest BCUT2D eigenvalue weighted by Crippen LogP contribution is 2.23. The molecule has 1 aliphatic heterocycles. The molecular formula is C14H17NO4S. The summed E-state index contributed by atoms with van der Waals surface area (Å²) in [4.78, 5) is 26.2. The van der Waals surface area contributed by atoms with E-state index < -0.39 is 18.1 Å². The lowest BCUT2D eigenvalue weighted by Gasteiger charge is -2.22. The number of aliphatic hydroxyl groups is 1. The molecule has 0 aromatic heterocycles. The van der Waals surface area contributed by atoms with Gasteiger partial charge in [0.1, 0.15) is 6.04 Å². The molecule has 5 nitrogen and oxygen atoms in total. The summed E-state index contributed by atoms with van der Waals surface area (Å²) in [5.41, 5.74) is 0. The molecule has 1 aliphatic rings. The number of benzene rings is 1. The van der Waals surface area contributed by atoms with Crippen molar-refractivity contribution in [1.82, 2.24) is 4.90 Å². The molecule has 1 aromatic carbocycles. The number of likely N-dealkylation sites (tertiary alicyclic amines) is 1. The van der Waals surface area contributed by atoms with Crippen LogP contribution in [0.25, 0.3) is 0 Å². The highest BCUT2D eigenvalue weighted by Gasteiger charge is 2.39. The van der Waals surface area contributed by atoms with E-state index in [1.165, 1.54) is 23.8 Å². The molecule has 0 aliphatic carbocycles. The molecule has 0 saturated carbocycles. The highest BCUT2D eigenvalue weighted by atomic mass is 32.2. The number of methoxy groups -OCH3 is 1. The Morgan fingerprint density at radius 1 is 1.40 bits per heavy atom. The molecule has 1 saturated heterocycles. The maximum atomic E-state index is 12.2. The minimum Gasteiger partial charge on any atom is -0.467 e. The first-order valence-electron chi connectivity index (χ1n) is 6.35. The maximum absolute atomic E-state index is 12.2. The molecule has 1 heterocycles. The van der Waals surface area contributed by atoms with Crippen LogP contribution in [0.4, 0.5) is 0 Å². The lowest BCUT2D eigenvalue weighted by Crippen LogP contribution is -2.42. The van der Waals surface area contributed by atoms with E-state index in [9.17, 15) is 14.7 Å². The Morgan fingerprint density at radius 2 is 2.10 bits per heavy atom. The van der Waals surface area contributed by atoms with E-state index in [0.717, 1.165) is 4.90 Å². The van der Waals surface area contributed by atoms with Crippen molar-refractivity contribution in [3.05, 3.63) is 30.3 Å². The topological polar surface area (TPSA) is 66.8 Å². The second-order valence-corrected chi connectivity index (χ2v) is 5.63. The van der Waals surface area contributed by atoms with Gasteiger partial charge in [0, 0.05) is 17.9 Å². The fraction of sp³-hybridized carbons (Fsp3) is 0.429. The van der Waals surface area contributed by atoms with Crippen LogP contribution in [0.15, 0.2) is 35.2 Å². The first kappa shape index (κ1) is 14.9. The van der Waals surface area contributed by atoms with E-state index in [1.807, 2.05) is 30.3 Å². The van der Waals surface area contributed by atoms with E-state index in [4.69, 9.17) is 0 Å². The minimum atomic E-state index is -0.668. The van der Waals surface area contributed by atoms with E-state index in [-0.39, 0.29) is 24.6 Å². The summed E-state index contributed by atoms with van der Waals surface area (Å²) in [5.74, 6) is -0.394. The van der Waals surface area contributed by atoms with Gasteiger partial charge in [-0.05, 0) is 12.1 Å². The number of amides is 1. The Hall–Kier alpha value is -1.53. The van der Waals surface area contributed by atoms with E-state index in [2.05, 4.69) is 4.74 Å². The van der Waals surface area contributed by atoms with Crippen molar-refractivity contribution in [2.24, 2.45) is 0 Å². The lowest BCUT2D eigenvalue weighted by molar-refractivity contribution is -0.150. The first-order chi connectivity index (χ1) is 9.61. The average molecular weight is 295 g/mol. The molecule has 2 rings (SSSR count). The van der Waals surface area contributed by atoms with Gasteiger partial charge in [-0.1, -0.05) is 18.2 Å². The van der Waals surface area contributed by atoms with Crippen molar-refractivity contribution in [2.45, 2.75) is 23.5 Å². The number of esters is 1. The number of β-amino-alcohol motifs (C(OH)–C–C–N with tert-alkyl or cyclic N) is 1. The number of ether oxygens (including phenoxy) is 1. The Bertz CT molecular complexity index is 479. The average Bonchev–Trinajstić information content (AvgIpc) is 2.87. The summed E-state index contributed by atoms with van der Waals surface area (Å²) >= 11 is 1.41. The number of nitrogens with zero attached hydrogens (tertiary/aromatic N) is 1. The van der Waals surface area contributed by atoms with Gasteiger partial charge < -0.3 is 14.7 Å². The van der Waals surface area contributed by atoms with Gasteiger partial charge in [-0.15, -0.1) is 11.8 Å². The Balaban J connectivity index is 1.95. The molecule has 20 heavy (non-hydrogen) atoms. The van der Waals surface area contributed by atoms with Gasteiger partial charge in [0.15, 0.2) is 0 Å². The summed E-state index contributed by atoms with van der Waals surface area (Å²) in [6.07, 6.45) is -0.418. The van der Waals surface area contributed by atoms with Crippen LogP contribution in [0.1, 0.15) is 6.42 Å². The summed E-state index contributed by atoms with van der Waals surface area (Å²) < 4.78 is 4.67. The van der Waals surface area contributed by atoms with Crippen LogP contribution in [0.3, 0.4) is 0 Å². The van der Waals surface area contributed by atoms with Crippen LogP contribution in [0.5, 0.6) is 0 Å². The molecular weight excluding hydrogens is 278 g/mol. The number of hydrogen-bond donors (Lipinski definition) is 1. The Morgan fingerprint density at radius 3 is 2.75 bits per heavy atom. The van der Waals surface area contributed by atoms with Gasteiger partial charge in [0.2, 0.25) is 5.91 Å². The van der Waals surface area contributed by atoms with E-state index >= 15 is 0 Å². The third-order valence-corrected chi connectivity index (χ3v) is 4.17. The molecule has 2 atom stereocenters. The number of carbonyl (C=O) groups excluding carboxylic acids is 2. The van der Waals surface area contributed by atoms with Gasteiger partial charge in [-0.25, -0.2) is 4.79 Å². The fourth-order valence-corrected chi connectivity index (χ4v) is 3.00. The second kappa shape index (κ2) is 6.76. The number of aliphatic hydroxyl groups excluding tert-OH is 1. The number of thioether (sulfide) groups is 1. The maximum Gasteiger partial charge on any atom is 0.328 e. The van der Waals surface area contributed by atoms with Crippen molar-refractivity contribution in [1.29, 1.82) is 0 Å². The Labute approximate surface area is 121 Å². The number of rotatable bonds is 4. The van der Waals surface area contributed by atoms with Gasteiger partial charge in [-0.3, -0.25) is 4.79 Å². The SMILES string of the molecule is COC(=O)C1CC(O)CN1C(=O)CSc1ccccc1. The summed E-state index contributed by atoms with van der Waals surface area (Å²) in [6.45, 7) is 0.188. The Kier molecular flexibility index (Phi) is 5.03. The smallest absolute Gasteiger partial charge is 0.328 e.